The van der Waals surface area contributed by atoms with Crippen LogP contribution in [0.5, 0.6) is 0 Å². The molecule has 3 heterocycles. The number of ether oxygens (including phenoxy) is 3. The first kappa shape index (κ1) is 18.1. The molecule has 1 aromatic heterocycles. The third-order valence-corrected chi connectivity index (χ3v) is 5.06. The van der Waals surface area contributed by atoms with Crippen molar-refractivity contribution in [1.29, 1.82) is 0 Å². The fourth-order valence-corrected chi connectivity index (χ4v) is 3.93. The Bertz CT molecular complexity index is 966. The second-order valence-corrected chi connectivity index (χ2v) is 7.36. The molecule has 8 heteroatoms. The summed E-state index contributed by atoms with van der Waals surface area (Å²) in [6.07, 6.45) is -0.518. The highest BCUT2D eigenvalue weighted by atomic mass is 16.8. The van der Waals surface area contributed by atoms with Crippen LogP contribution in [0.25, 0.3) is 0 Å². The van der Waals surface area contributed by atoms with E-state index in [9.17, 15) is 14.7 Å². The van der Waals surface area contributed by atoms with Gasteiger partial charge in [-0.1, -0.05) is 30.3 Å². The minimum atomic E-state index is -1.39. The largest absolute Gasteiger partial charge is 0.394 e. The van der Waals surface area contributed by atoms with Crippen LogP contribution in [0.4, 0.5) is 0 Å². The minimum Gasteiger partial charge on any atom is -0.394 e. The van der Waals surface area contributed by atoms with Crippen LogP contribution in [-0.2, 0) is 19.9 Å². The molecule has 8 nitrogen and oxygen atoms in total. The van der Waals surface area contributed by atoms with Crippen molar-refractivity contribution in [3.05, 3.63) is 68.5 Å². The van der Waals surface area contributed by atoms with Crippen LogP contribution in [0.15, 0.2) is 46.1 Å². The summed E-state index contributed by atoms with van der Waals surface area (Å²) in [5.41, 5.74) is -1.46. The summed E-state index contributed by atoms with van der Waals surface area (Å²) in [7, 11) is 0. The molecule has 0 radical (unpaired) electrons. The number of hydrogen-bond acceptors (Lipinski definition) is 6. The quantitative estimate of drug-likeness (QED) is 0.809. The fraction of sp³-hybridized carbons (Fsp3) is 0.474. The summed E-state index contributed by atoms with van der Waals surface area (Å²) in [6, 6.07) is 9.14. The molecule has 0 aliphatic carbocycles. The Labute approximate surface area is 155 Å². The van der Waals surface area contributed by atoms with Crippen molar-refractivity contribution in [3.8, 4) is 0 Å². The van der Waals surface area contributed by atoms with Crippen LogP contribution in [-0.4, -0.2) is 45.4 Å². The second kappa shape index (κ2) is 6.13. The predicted molar refractivity (Wildman–Crippen MR) is 95.4 cm³/mol. The zero-order chi connectivity index (χ0) is 19.4. The highest BCUT2D eigenvalue weighted by molar-refractivity contribution is 5.29. The lowest BCUT2D eigenvalue weighted by Crippen LogP contribution is -2.52. The average Bonchev–Trinajstić information content (AvgIpc) is 3.10. The van der Waals surface area contributed by atoms with E-state index < -0.39 is 41.1 Å². The molecular weight excluding hydrogens is 352 g/mol. The first-order chi connectivity index (χ1) is 12.8. The number of aliphatic hydroxyl groups is 1. The number of hydrogen-bond donors (Lipinski definition) is 2. The van der Waals surface area contributed by atoms with Crippen LogP contribution in [0.3, 0.4) is 0 Å². The maximum absolute atomic E-state index is 12.8. The number of nitrogens with zero attached hydrogens (tertiary/aromatic N) is 1. The number of aryl methyl sites for hydroxylation is 1. The maximum atomic E-state index is 12.8. The van der Waals surface area contributed by atoms with Crippen molar-refractivity contribution in [3.63, 3.8) is 0 Å². The van der Waals surface area contributed by atoms with E-state index in [1.165, 1.54) is 10.8 Å². The van der Waals surface area contributed by atoms with E-state index in [4.69, 9.17) is 14.2 Å². The van der Waals surface area contributed by atoms with E-state index in [1.54, 1.807) is 20.8 Å². The molecule has 2 aliphatic heterocycles. The molecule has 0 unspecified atom stereocenters. The van der Waals surface area contributed by atoms with E-state index in [2.05, 4.69) is 4.98 Å². The SMILES string of the molecule is Cc1cn([C@]2(c3ccccc3)O[C@H](CO)[C@H]3OC(C)(C)O[C@H]32)c(=O)[nH]c1=O. The molecular formula is C19H22N2O6. The summed E-state index contributed by atoms with van der Waals surface area (Å²) in [4.78, 5) is 27.0. The van der Waals surface area contributed by atoms with Gasteiger partial charge in [0.2, 0.25) is 5.72 Å². The lowest BCUT2D eigenvalue weighted by Gasteiger charge is -2.36. The summed E-state index contributed by atoms with van der Waals surface area (Å²) >= 11 is 0. The van der Waals surface area contributed by atoms with Gasteiger partial charge in [0.25, 0.3) is 5.56 Å². The molecule has 144 valence electrons. The first-order valence-electron chi connectivity index (χ1n) is 8.81. The van der Waals surface area contributed by atoms with Crippen LogP contribution in [0.2, 0.25) is 0 Å². The Morgan fingerprint density at radius 2 is 1.85 bits per heavy atom. The van der Waals surface area contributed by atoms with Crippen LogP contribution in [0, 0.1) is 6.92 Å². The topological polar surface area (TPSA) is 103 Å². The molecule has 1 aromatic carbocycles. The van der Waals surface area contributed by atoms with Gasteiger partial charge >= 0.3 is 5.69 Å². The van der Waals surface area contributed by atoms with E-state index in [0.717, 1.165) is 0 Å². The second-order valence-electron chi connectivity index (χ2n) is 7.36. The molecule has 0 amide bonds. The Balaban J connectivity index is 2.01. The van der Waals surface area contributed by atoms with Gasteiger partial charge in [0.05, 0.1) is 6.61 Å². The third-order valence-electron chi connectivity index (χ3n) is 5.06. The smallest absolute Gasteiger partial charge is 0.331 e. The first-order valence-corrected chi connectivity index (χ1v) is 8.81. The molecule has 2 saturated heterocycles. The Morgan fingerprint density at radius 3 is 2.52 bits per heavy atom. The number of aliphatic hydroxyl groups excluding tert-OH is 1. The molecule has 0 spiro atoms. The van der Waals surface area contributed by atoms with E-state index in [0.29, 0.717) is 11.1 Å². The Morgan fingerprint density at radius 1 is 1.15 bits per heavy atom. The van der Waals surface area contributed by atoms with E-state index >= 15 is 0 Å². The van der Waals surface area contributed by atoms with Gasteiger partial charge in [-0.2, -0.15) is 0 Å². The number of benzene rings is 1. The maximum Gasteiger partial charge on any atom is 0.331 e. The van der Waals surface area contributed by atoms with Gasteiger partial charge in [0, 0.05) is 17.3 Å². The molecule has 2 aliphatic rings. The summed E-state index contributed by atoms with van der Waals surface area (Å²) < 4.78 is 19.7. The Hall–Kier alpha value is -2.26. The lowest BCUT2D eigenvalue weighted by molar-refractivity contribution is -0.223. The average molecular weight is 374 g/mol. The molecule has 0 bridgehead atoms. The van der Waals surface area contributed by atoms with Crippen LogP contribution < -0.4 is 11.2 Å². The lowest BCUT2D eigenvalue weighted by atomic mass is 9.94. The van der Waals surface area contributed by atoms with Gasteiger partial charge in [-0.15, -0.1) is 0 Å². The van der Waals surface area contributed by atoms with Gasteiger partial charge < -0.3 is 19.3 Å². The molecule has 4 atom stereocenters. The molecule has 2 aromatic rings. The molecule has 27 heavy (non-hydrogen) atoms. The molecule has 2 fully saturated rings. The molecule has 4 rings (SSSR count). The van der Waals surface area contributed by atoms with E-state index in [-0.39, 0.29) is 6.61 Å². The monoisotopic (exact) mass is 374 g/mol. The highest BCUT2D eigenvalue weighted by Gasteiger charge is 2.64. The standard InChI is InChI=1S/C19H22N2O6/c1-11-9-21(17(24)20-16(11)23)19(12-7-5-4-6-8-12)15-14(13(10-22)25-19)26-18(2,3)27-15/h4-9,13-15,22H,10H2,1-3H3,(H,20,23,24)/t13-,14-,15-,19-/m1/s1. The Kier molecular flexibility index (Phi) is 4.12. The molecule has 2 N–H and O–H groups in total. The van der Waals surface area contributed by atoms with Gasteiger partial charge in [0.1, 0.15) is 18.3 Å². The van der Waals surface area contributed by atoms with Crippen molar-refractivity contribution in [2.24, 2.45) is 0 Å². The minimum absolute atomic E-state index is 0.299. The van der Waals surface area contributed by atoms with E-state index in [1.807, 2.05) is 30.3 Å². The van der Waals surface area contributed by atoms with Crippen LogP contribution in [0.1, 0.15) is 25.0 Å². The summed E-state index contributed by atoms with van der Waals surface area (Å²) in [5, 5.41) is 9.87. The van der Waals surface area contributed by atoms with Crippen molar-refractivity contribution in [2.75, 3.05) is 6.61 Å². The van der Waals surface area contributed by atoms with Gasteiger partial charge in [-0.25, -0.2) is 4.79 Å². The predicted octanol–water partition coefficient (Wildman–Crippen LogP) is 0.457. The van der Waals surface area contributed by atoms with Gasteiger partial charge in [-0.3, -0.25) is 14.3 Å². The van der Waals surface area contributed by atoms with Crippen molar-refractivity contribution in [2.45, 2.75) is 50.6 Å². The zero-order valence-electron chi connectivity index (χ0n) is 15.3. The van der Waals surface area contributed by atoms with Gasteiger partial charge in [-0.05, 0) is 20.8 Å². The van der Waals surface area contributed by atoms with Crippen molar-refractivity contribution >= 4 is 0 Å². The number of nitrogens with one attached hydrogen (secondary N) is 1. The van der Waals surface area contributed by atoms with Crippen molar-refractivity contribution < 1.29 is 19.3 Å². The third kappa shape index (κ3) is 2.68. The summed E-state index contributed by atoms with van der Waals surface area (Å²) in [5.74, 6) is -0.909. The number of H-pyrrole nitrogens is 1. The zero-order valence-corrected chi connectivity index (χ0v) is 15.3. The van der Waals surface area contributed by atoms with Crippen LogP contribution >= 0.6 is 0 Å². The number of rotatable bonds is 3. The highest BCUT2D eigenvalue weighted by Crippen LogP contribution is 2.49. The number of aromatic nitrogens is 2. The van der Waals surface area contributed by atoms with Gasteiger partial charge in [0.15, 0.2) is 5.79 Å². The normalized spacial score (nSPS) is 31.8. The number of fused-ring (bicyclic) bond motifs is 1. The molecule has 0 saturated carbocycles. The number of aromatic amines is 1. The fourth-order valence-electron chi connectivity index (χ4n) is 3.93. The summed E-state index contributed by atoms with van der Waals surface area (Å²) in [6.45, 7) is 4.86. The van der Waals surface area contributed by atoms with Crippen molar-refractivity contribution in [1.82, 2.24) is 9.55 Å².